The third-order valence-corrected chi connectivity index (χ3v) is 2.09. The molecule has 0 aliphatic rings. The van der Waals surface area contributed by atoms with Gasteiger partial charge in [-0.2, -0.15) is 0 Å². The first-order valence-electron chi connectivity index (χ1n) is 5.55. The van der Waals surface area contributed by atoms with Crippen LogP contribution in [0.25, 0.3) is 0 Å². The SMILES string of the molecule is CCCCCC(=O)NOCc1cc(C)on1. The Balaban J connectivity index is 2.08. The minimum atomic E-state index is -0.0892. The largest absolute Gasteiger partial charge is 0.361 e. The second-order valence-electron chi connectivity index (χ2n) is 3.70. The summed E-state index contributed by atoms with van der Waals surface area (Å²) in [6, 6.07) is 1.77. The highest BCUT2D eigenvalue weighted by atomic mass is 16.7. The summed E-state index contributed by atoms with van der Waals surface area (Å²) in [5, 5.41) is 3.74. The zero-order chi connectivity index (χ0) is 11.8. The highest BCUT2D eigenvalue weighted by Gasteiger charge is 2.03. The molecule has 0 radical (unpaired) electrons. The van der Waals surface area contributed by atoms with Crippen molar-refractivity contribution < 1.29 is 14.2 Å². The van der Waals surface area contributed by atoms with Crippen LogP contribution in [0.15, 0.2) is 10.6 Å². The van der Waals surface area contributed by atoms with E-state index in [0.717, 1.165) is 25.0 Å². The van der Waals surface area contributed by atoms with E-state index in [0.29, 0.717) is 12.1 Å². The van der Waals surface area contributed by atoms with Crippen molar-refractivity contribution in [2.45, 2.75) is 46.1 Å². The molecule has 0 fully saturated rings. The summed E-state index contributed by atoms with van der Waals surface area (Å²) >= 11 is 0. The second-order valence-corrected chi connectivity index (χ2v) is 3.70. The van der Waals surface area contributed by atoms with E-state index in [1.807, 2.05) is 0 Å². The molecule has 0 saturated heterocycles. The summed E-state index contributed by atoms with van der Waals surface area (Å²) < 4.78 is 4.86. The molecule has 1 amide bonds. The van der Waals surface area contributed by atoms with Gasteiger partial charge in [-0.05, 0) is 13.3 Å². The molecular formula is C11H18N2O3. The molecule has 0 atom stereocenters. The number of rotatable bonds is 7. The monoisotopic (exact) mass is 226 g/mol. The standard InChI is InChI=1S/C11H18N2O3/c1-3-4-5-6-11(14)13-15-8-10-7-9(2)16-12-10/h7H,3-6,8H2,1-2H3,(H,13,14). The van der Waals surface area contributed by atoms with Gasteiger partial charge < -0.3 is 4.52 Å². The minimum absolute atomic E-state index is 0.0892. The lowest BCUT2D eigenvalue weighted by Crippen LogP contribution is -2.23. The van der Waals surface area contributed by atoms with Crippen LogP contribution in [0.1, 0.15) is 44.1 Å². The lowest BCUT2D eigenvalue weighted by molar-refractivity contribution is -0.134. The summed E-state index contributed by atoms with van der Waals surface area (Å²) in [5.41, 5.74) is 3.05. The average Bonchev–Trinajstić information content (AvgIpc) is 2.65. The Kier molecular flexibility index (Phi) is 5.56. The van der Waals surface area contributed by atoms with Gasteiger partial charge in [-0.15, -0.1) is 0 Å². The van der Waals surface area contributed by atoms with E-state index in [2.05, 4.69) is 17.6 Å². The van der Waals surface area contributed by atoms with Crippen LogP contribution >= 0.6 is 0 Å². The van der Waals surface area contributed by atoms with Crippen LogP contribution in [0.5, 0.6) is 0 Å². The average molecular weight is 226 g/mol. The van der Waals surface area contributed by atoms with Crippen LogP contribution in [0.2, 0.25) is 0 Å². The molecule has 1 N–H and O–H groups in total. The molecule has 16 heavy (non-hydrogen) atoms. The number of hydroxylamine groups is 1. The fraction of sp³-hybridized carbons (Fsp3) is 0.636. The molecule has 0 unspecified atom stereocenters. The van der Waals surface area contributed by atoms with Crippen LogP contribution < -0.4 is 5.48 Å². The molecule has 0 spiro atoms. The van der Waals surface area contributed by atoms with Gasteiger partial charge >= 0.3 is 0 Å². The Labute approximate surface area is 95.1 Å². The van der Waals surface area contributed by atoms with Crippen molar-refractivity contribution in [3.63, 3.8) is 0 Å². The summed E-state index contributed by atoms with van der Waals surface area (Å²) in [4.78, 5) is 16.2. The van der Waals surface area contributed by atoms with E-state index in [9.17, 15) is 4.79 Å². The van der Waals surface area contributed by atoms with Crippen molar-refractivity contribution in [2.24, 2.45) is 0 Å². The lowest BCUT2D eigenvalue weighted by atomic mass is 10.2. The van der Waals surface area contributed by atoms with Crippen molar-refractivity contribution in [3.8, 4) is 0 Å². The maximum Gasteiger partial charge on any atom is 0.243 e. The van der Waals surface area contributed by atoms with Gasteiger partial charge in [0, 0.05) is 12.5 Å². The number of hydrogen-bond donors (Lipinski definition) is 1. The van der Waals surface area contributed by atoms with E-state index in [4.69, 9.17) is 9.36 Å². The van der Waals surface area contributed by atoms with Crippen molar-refractivity contribution >= 4 is 5.91 Å². The minimum Gasteiger partial charge on any atom is -0.361 e. The molecule has 5 nitrogen and oxygen atoms in total. The van der Waals surface area contributed by atoms with Gasteiger partial charge in [-0.3, -0.25) is 9.63 Å². The Morgan fingerprint density at radius 2 is 2.38 bits per heavy atom. The highest BCUT2D eigenvalue weighted by molar-refractivity contribution is 5.74. The number of carbonyl (C=O) groups excluding carboxylic acids is 1. The normalized spacial score (nSPS) is 10.4. The second kappa shape index (κ2) is 7.00. The fourth-order valence-corrected chi connectivity index (χ4v) is 1.26. The fourth-order valence-electron chi connectivity index (χ4n) is 1.26. The number of nitrogens with one attached hydrogen (secondary N) is 1. The van der Waals surface area contributed by atoms with E-state index >= 15 is 0 Å². The summed E-state index contributed by atoms with van der Waals surface area (Å²) in [6.07, 6.45) is 3.57. The van der Waals surface area contributed by atoms with Crippen LogP contribution in [-0.4, -0.2) is 11.1 Å². The number of unbranched alkanes of at least 4 members (excludes halogenated alkanes) is 2. The molecule has 1 aromatic heterocycles. The van der Waals surface area contributed by atoms with Crippen molar-refractivity contribution in [3.05, 3.63) is 17.5 Å². The maximum absolute atomic E-state index is 11.2. The number of aryl methyl sites for hydroxylation is 1. The van der Waals surface area contributed by atoms with Crippen molar-refractivity contribution in [1.82, 2.24) is 10.6 Å². The van der Waals surface area contributed by atoms with Gasteiger partial charge in [-0.25, -0.2) is 5.48 Å². The predicted octanol–water partition coefficient (Wildman–Crippen LogP) is 2.11. The van der Waals surface area contributed by atoms with Crippen LogP contribution in [0.4, 0.5) is 0 Å². The Morgan fingerprint density at radius 3 is 3.00 bits per heavy atom. The van der Waals surface area contributed by atoms with Crippen LogP contribution in [0, 0.1) is 6.92 Å². The molecule has 0 bridgehead atoms. The van der Waals surface area contributed by atoms with E-state index < -0.39 is 0 Å². The predicted molar refractivity (Wildman–Crippen MR) is 58.3 cm³/mol. The van der Waals surface area contributed by atoms with Gasteiger partial charge in [0.15, 0.2) is 0 Å². The number of nitrogens with zero attached hydrogens (tertiary/aromatic N) is 1. The first-order chi connectivity index (χ1) is 7.72. The summed E-state index contributed by atoms with van der Waals surface area (Å²) in [5.74, 6) is 0.640. The highest BCUT2D eigenvalue weighted by Crippen LogP contribution is 2.02. The molecule has 0 aromatic carbocycles. The molecule has 0 aliphatic heterocycles. The first kappa shape index (κ1) is 12.7. The Bertz CT molecular complexity index is 323. The van der Waals surface area contributed by atoms with Gasteiger partial charge in [0.05, 0.1) is 0 Å². The topological polar surface area (TPSA) is 64.4 Å². The molecule has 1 heterocycles. The van der Waals surface area contributed by atoms with Crippen LogP contribution in [0.3, 0.4) is 0 Å². The molecule has 0 saturated carbocycles. The van der Waals surface area contributed by atoms with Gasteiger partial charge in [0.1, 0.15) is 18.1 Å². The molecule has 1 rings (SSSR count). The smallest absolute Gasteiger partial charge is 0.243 e. The third-order valence-electron chi connectivity index (χ3n) is 2.09. The molecule has 90 valence electrons. The lowest BCUT2D eigenvalue weighted by Gasteiger charge is -2.03. The van der Waals surface area contributed by atoms with Gasteiger partial charge in [-0.1, -0.05) is 24.9 Å². The van der Waals surface area contributed by atoms with Gasteiger partial charge in [0.2, 0.25) is 5.91 Å². The quantitative estimate of drug-likeness (QED) is 0.571. The first-order valence-corrected chi connectivity index (χ1v) is 5.55. The van der Waals surface area contributed by atoms with E-state index in [1.54, 1.807) is 13.0 Å². The molecule has 5 heteroatoms. The maximum atomic E-state index is 11.2. The van der Waals surface area contributed by atoms with Crippen molar-refractivity contribution in [2.75, 3.05) is 0 Å². The molecule has 1 aromatic rings. The zero-order valence-electron chi connectivity index (χ0n) is 9.78. The number of carbonyl (C=O) groups is 1. The number of amides is 1. The zero-order valence-corrected chi connectivity index (χ0v) is 9.78. The number of aromatic nitrogens is 1. The van der Waals surface area contributed by atoms with E-state index in [1.165, 1.54) is 0 Å². The third kappa shape index (κ3) is 4.93. The van der Waals surface area contributed by atoms with Crippen molar-refractivity contribution in [1.29, 1.82) is 0 Å². The van der Waals surface area contributed by atoms with Gasteiger partial charge in [0.25, 0.3) is 0 Å². The van der Waals surface area contributed by atoms with E-state index in [-0.39, 0.29) is 12.5 Å². The Hall–Kier alpha value is -1.36. The molecule has 0 aliphatic carbocycles. The molecular weight excluding hydrogens is 208 g/mol. The number of hydrogen-bond acceptors (Lipinski definition) is 4. The van der Waals surface area contributed by atoms with Crippen LogP contribution in [-0.2, 0) is 16.2 Å². The summed E-state index contributed by atoms with van der Waals surface area (Å²) in [6.45, 7) is 4.14. The Morgan fingerprint density at radius 1 is 1.56 bits per heavy atom. The summed E-state index contributed by atoms with van der Waals surface area (Å²) in [7, 11) is 0.